The second-order valence-corrected chi connectivity index (χ2v) is 2.51. The topological polar surface area (TPSA) is 20.2 Å². The Bertz CT molecular complexity index is 255. The van der Waals surface area contributed by atoms with Gasteiger partial charge >= 0.3 is 0 Å². The Hall–Kier alpha value is -0.790. The third-order valence-electron chi connectivity index (χ3n) is 1.31. The van der Waals surface area contributed by atoms with Crippen molar-refractivity contribution in [2.75, 3.05) is 6.61 Å². The van der Waals surface area contributed by atoms with Crippen LogP contribution in [0.4, 0.5) is 0 Å². The lowest BCUT2D eigenvalue weighted by Gasteiger charge is -1.94. The highest BCUT2D eigenvalue weighted by Gasteiger charge is 1.91. The zero-order chi connectivity index (χ0) is 8.10. The molecule has 0 fully saturated rings. The minimum Gasteiger partial charge on any atom is -0.392 e. The van der Waals surface area contributed by atoms with E-state index in [-0.39, 0.29) is 6.61 Å². The first-order valence-electron chi connectivity index (χ1n) is 3.36. The fourth-order valence-corrected chi connectivity index (χ4v) is 0.989. The number of benzene rings is 1. The Morgan fingerprint density at radius 1 is 1.36 bits per heavy atom. The van der Waals surface area contributed by atoms with Crippen LogP contribution in [0.25, 0.3) is 6.08 Å². The normalized spacial score (nSPS) is 10.7. The first kappa shape index (κ1) is 8.31. The van der Waals surface area contributed by atoms with Crippen LogP contribution < -0.4 is 0 Å². The minimum atomic E-state index is 0.0468. The third kappa shape index (κ3) is 2.37. The van der Waals surface area contributed by atoms with Gasteiger partial charge in [0.15, 0.2) is 0 Å². The molecule has 0 aliphatic carbocycles. The van der Waals surface area contributed by atoms with Crippen LogP contribution in [-0.2, 0) is 0 Å². The summed E-state index contributed by atoms with van der Waals surface area (Å²) in [6.07, 6.45) is 3.45. The van der Waals surface area contributed by atoms with Crippen molar-refractivity contribution >= 4 is 17.7 Å². The van der Waals surface area contributed by atoms with Gasteiger partial charge in [-0.2, -0.15) is 0 Å². The summed E-state index contributed by atoms with van der Waals surface area (Å²) in [7, 11) is 0. The van der Waals surface area contributed by atoms with Crippen LogP contribution in [0.15, 0.2) is 30.3 Å². The van der Waals surface area contributed by atoms with Crippen molar-refractivity contribution < 1.29 is 5.11 Å². The van der Waals surface area contributed by atoms with Crippen LogP contribution in [0, 0.1) is 0 Å². The van der Waals surface area contributed by atoms with Crippen molar-refractivity contribution in [1.82, 2.24) is 0 Å². The maximum absolute atomic E-state index is 8.49. The minimum absolute atomic E-state index is 0.0468. The number of hydrogen-bond acceptors (Lipinski definition) is 1. The van der Waals surface area contributed by atoms with Crippen molar-refractivity contribution in [3.05, 3.63) is 40.9 Å². The zero-order valence-electron chi connectivity index (χ0n) is 6.00. The Kier molecular flexibility index (Phi) is 3.14. The average molecular weight is 169 g/mol. The van der Waals surface area contributed by atoms with E-state index in [2.05, 4.69) is 0 Å². The molecule has 1 N–H and O–H groups in total. The Balaban J connectivity index is 2.86. The highest BCUT2D eigenvalue weighted by atomic mass is 35.5. The van der Waals surface area contributed by atoms with Crippen LogP contribution in [0.3, 0.4) is 0 Å². The number of aliphatic hydroxyl groups is 1. The van der Waals surface area contributed by atoms with E-state index >= 15 is 0 Å². The van der Waals surface area contributed by atoms with E-state index in [4.69, 9.17) is 16.7 Å². The van der Waals surface area contributed by atoms with Gasteiger partial charge in [0.2, 0.25) is 0 Å². The molecule has 0 aliphatic rings. The standard InChI is InChI=1S/C9H9ClO/c10-9-6-2-1-4-8(9)5-3-7-11/h1-6,11H,7H2/b5-3+. The highest BCUT2D eigenvalue weighted by molar-refractivity contribution is 6.32. The largest absolute Gasteiger partial charge is 0.392 e. The predicted molar refractivity (Wildman–Crippen MR) is 47.6 cm³/mol. The quantitative estimate of drug-likeness (QED) is 0.719. The first-order valence-corrected chi connectivity index (χ1v) is 3.74. The van der Waals surface area contributed by atoms with E-state index in [1.54, 1.807) is 12.2 Å². The van der Waals surface area contributed by atoms with Crippen molar-refractivity contribution in [2.45, 2.75) is 0 Å². The van der Waals surface area contributed by atoms with Gasteiger partial charge < -0.3 is 5.11 Å². The Morgan fingerprint density at radius 2 is 2.09 bits per heavy atom. The summed E-state index contributed by atoms with van der Waals surface area (Å²) in [5.41, 5.74) is 0.934. The van der Waals surface area contributed by atoms with Gasteiger partial charge in [0, 0.05) is 5.02 Å². The molecule has 0 aromatic heterocycles. The number of rotatable bonds is 2. The summed E-state index contributed by atoms with van der Waals surface area (Å²) in [5.74, 6) is 0. The smallest absolute Gasteiger partial charge is 0.0615 e. The Morgan fingerprint density at radius 3 is 2.73 bits per heavy atom. The number of halogens is 1. The van der Waals surface area contributed by atoms with E-state index in [0.29, 0.717) is 5.02 Å². The second kappa shape index (κ2) is 4.16. The molecular weight excluding hydrogens is 160 g/mol. The summed E-state index contributed by atoms with van der Waals surface area (Å²) in [6, 6.07) is 7.49. The molecular formula is C9H9ClO. The molecule has 0 atom stereocenters. The van der Waals surface area contributed by atoms with Gasteiger partial charge in [0.1, 0.15) is 0 Å². The van der Waals surface area contributed by atoms with Crippen molar-refractivity contribution in [3.63, 3.8) is 0 Å². The number of aliphatic hydroxyl groups excluding tert-OH is 1. The molecule has 0 radical (unpaired) electrons. The van der Waals surface area contributed by atoms with Gasteiger partial charge in [-0.15, -0.1) is 0 Å². The molecule has 0 bridgehead atoms. The lowest BCUT2D eigenvalue weighted by molar-refractivity contribution is 0.343. The van der Waals surface area contributed by atoms with E-state index in [1.807, 2.05) is 24.3 Å². The van der Waals surface area contributed by atoms with Gasteiger partial charge in [-0.1, -0.05) is 42.0 Å². The molecule has 58 valence electrons. The summed E-state index contributed by atoms with van der Waals surface area (Å²) >= 11 is 5.83. The zero-order valence-corrected chi connectivity index (χ0v) is 6.75. The van der Waals surface area contributed by atoms with E-state index in [0.717, 1.165) is 5.56 Å². The lowest BCUT2D eigenvalue weighted by atomic mass is 10.2. The van der Waals surface area contributed by atoms with Crippen molar-refractivity contribution in [2.24, 2.45) is 0 Å². The molecule has 1 rings (SSSR count). The summed E-state index contributed by atoms with van der Waals surface area (Å²) in [6.45, 7) is 0.0468. The SMILES string of the molecule is OC/C=C/c1ccccc1Cl. The molecule has 0 amide bonds. The monoisotopic (exact) mass is 168 g/mol. The molecule has 1 aromatic carbocycles. The van der Waals surface area contributed by atoms with Gasteiger partial charge in [-0.3, -0.25) is 0 Å². The maximum atomic E-state index is 8.49. The molecule has 0 heterocycles. The molecule has 0 unspecified atom stereocenters. The second-order valence-electron chi connectivity index (χ2n) is 2.11. The van der Waals surface area contributed by atoms with Crippen LogP contribution in [-0.4, -0.2) is 11.7 Å². The van der Waals surface area contributed by atoms with Gasteiger partial charge in [-0.05, 0) is 11.6 Å². The van der Waals surface area contributed by atoms with Crippen molar-refractivity contribution in [1.29, 1.82) is 0 Å². The molecule has 1 nitrogen and oxygen atoms in total. The molecule has 11 heavy (non-hydrogen) atoms. The molecule has 0 saturated heterocycles. The van der Waals surface area contributed by atoms with Crippen molar-refractivity contribution in [3.8, 4) is 0 Å². The van der Waals surface area contributed by atoms with E-state index in [1.165, 1.54) is 0 Å². The fourth-order valence-electron chi connectivity index (χ4n) is 0.790. The van der Waals surface area contributed by atoms with Crippen LogP contribution in [0.5, 0.6) is 0 Å². The average Bonchev–Trinajstić information content (AvgIpc) is 2.03. The molecule has 0 spiro atoms. The van der Waals surface area contributed by atoms with Crippen LogP contribution in [0.1, 0.15) is 5.56 Å². The summed E-state index contributed by atoms with van der Waals surface area (Å²) in [4.78, 5) is 0. The van der Waals surface area contributed by atoms with E-state index < -0.39 is 0 Å². The molecule has 0 aliphatic heterocycles. The molecule has 1 aromatic rings. The van der Waals surface area contributed by atoms with Gasteiger partial charge in [-0.25, -0.2) is 0 Å². The first-order chi connectivity index (χ1) is 5.34. The van der Waals surface area contributed by atoms with Crippen LogP contribution >= 0.6 is 11.6 Å². The van der Waals surface area contributed by atoms with E-state index in [9.17, 15) is 0 Å². The highest BCUT2D eigenvalue weighted by Crippen LogP contribution is 2.15. The maximum Gasteiger partial charge on any atom is 0.0615 e. The molecule has 0 saturated carbocycles. The lowest BCUT2D eigenvalue weighted by Crippen LogP contribution is -1.75. The number of hydrogen-bond donors (Lipinski definition) is 1. The predicted octanol–water partition coefficient (Wildman–Crippen LogP) is 2.35. The van der Waals surface area contributed by atoms with Gasteiger partial charge in [0.25, 0.3) is 0 Å². The fraction of sp³-hybridized carbons (Fsp3) is 0.111. The summed E-state index contributed by atoms with van der Waals surface area (Å²) in [5, 5.41) is 9.19. The van der Waals surface area contributed by atoms with Gasteiger partial charge in [0.05, 0.1) is 6.61 Å². The third-order valence-corrected chi connectivity index (χ3v) is 1.65. The Labute approximate surface area is 70.9 Å². The summed E-state index contributed by atoms with van der Waals surface area (Å²) < 4.78 is 0. The molecule has 2 heteroatoms. The van der Waals surface area contributed by atoms with Crippen LogP contribution in [0.2, 0.25) is 5.02 Å².